The summed E-state index contributed by atoms with van der Waals surface area (Å²) >= 11 is 0. The number of fused-ring (bicyclic) bond motifs is 16. The maximum absolute atomic E-state index is 16.3. The fraction of sp³-hybridized carbons (Fsp3) is 0.560. The minimum absolute atomic E-state index is 0.0138. The van der Waals surface area contributed by atoms with Gasteiger partial charge in [-0.3, -0.25) is 52.7 Å². The normalized spacial score (nSPS) is 24.3. The lowest BCUT2D eigenvalue weighted by atomic mass is 9.88. The molecule has 9 amide bonds. The number of likely N-dealkylation sites (N-methyl/N-ethyl adjacent to an activating group) is 1. The van der Waals surface area contributed by atoms with E-state index in [9.17, 15) is 29.1 Å². The van der Waals surface area contributed by atoms with Gasteiger partial charge in [0.25, 0.3) is 0 Å². The van der Waals surface area contributed by atoms with Crippen LogP contribution in [0.5, 0.6) is 5.75 Å². The van der Waals surface area contributed by atoms with Crippen molar-refractivity contribution >= 4 is 75.6 Å². The van der Waals surface area contributed by atoms with Gasteiger partial charge in [-0.15, -0.1) is 0 Å². The highest BCUT2D eigenvalue weighted by Gasteiger charge is 2.49. The van der Waals surface area contributed by atoms with Gasteiger partial charge in [-0.05, 0) is 148 Å². The van der Waals surface area contributed by atoms with Crippen LogP contribution in [0.3, 0.4) is 0 Å². The van der Waals surface area contributed by atoms with E-state index < -0.39 is 132 Å². The number of ether oxygens (including phenoxy) is 4. The van der Waals surface area contributed by atoms with Crippen LogP contribution in [0.25, 0.3) is 10.9 Å². The predicted molar refractivity (Wildman–Crippen MR) is 415 cm³/mol. The van der Waals surface area contributed by atoms with Gasteiger partial charge in [0.15, 0.2) is 11.6 Å². The molecule has 606 valence electrons. The predicted octanol–water partition coefficient (Wildman–Crippen LogP) is 5.02. The van der Waals surface area contributed by atoms with Gasteiger partial charge >= 0.3 is 0 Å². The first kappa shape index (κ1) is 85.0. The number of aliphatic hydroxyl groups excluding tert-OH is 1. The third-order valence-electron chi connectivity index (χ3n) is 22.1. The highest BCUT2D eigenvalue weighted by Crippen LogP contribution is 2.35. The Morgan fingerprint density at radius 2 is 1.42 bits per heavy atom. The maximum atomic E-state index is 16.3. The van der Waals surface area contributed by atoms with Crippen molar-refractivity contribution in [2.24, 2.45) is 5.92 Å². The first-order valence-electron chi connectivity index (χ1n) is 39.7. The molecule has 0 unspecified atom stereocenters. The van der Waals surface area contributed by atoms with Crippen molar-refractivity contribution in [1.82, 2.24) is 51.2 Å². The van der Waals surface area contributed by atoms with E-state index in [1.807, 2.05) is 39.9 Å². The van der Waals surface area contributed by atoms with Crippen molar-refractivity contribution in [1.29, 1.82) is 0 Å². The van der Waals surface area contributed by atoms with E-state index in [0.29, 0.717) is 117 Å². The molecule has 4 aromatic carbocycles. The Morgan fingerprint density at radius 1 is 0.688 bits per heavy atom. The smallest absolute Gasteiger partial charge is 0.246 e. The molecule has 28 heteroatoms. The number of methoxy groups -OCH3 is 1. The lowest BCUT2D eigenvalue weighted by molar-refractivity contribution is -0.870. The van der Waals surface area contributed by atoms with E-state index in [1.54, 1.807) is 61.5 Å². The largest absolute Gasteiger partial charge is 0.497 e. The summed E-state index contributed by atoms with van der Waals surface area (Å²) in [6, 6.07) is 18.2. The van der Waals surface area contributed by atoms with Gasteiger partial charge in [0, 0.05) is 107 Å². The Hall–Kier alpha value is -9.48. The molecule has 7 N–H and O–H groups in total. The third-order valence-corrected chi connectivity index (χ3v) is 22.1. The molecule has 0 saturated carbocycles. The SMILES string of the molecule is COc1ccc(C[C@@H]2NC(=O)[C@H]([C@@H](C)O)NC(=O)[C@@H]3[C@@H]4CCN3C(=O)[C@H]3CC(=O)[C@H](Cc5cccc(c5)CNC(=O)CO4)NC(=O)[C@@H](CNC(=O)CCOCCOCC[N+](C)(C)C)NC(=O)CCCCC(=O)N(CCCCCCn4cc(c5cc(F)ccc54)C3)Cc3ccc(cc3)CCCC(=O)[C@]3(C)CCCN3C2=O)cc1. The monoisotopic (exact) mass is 1550 g/mol. The number of carbonyl (C=O) groups excluding carboxylic acids is 11. The van der Waals surface area contributed by atoms with Crippen LogP contribution in [0.1, 0.15) is 144 Å². The van der Waals surface area contributed by atoms with Crippen LogP contribution in [0.2, 0.25) is 0 Å². The van der Waals surface area contributed by atoms with E-state index in [2.05, 4.69) is 53.0 Å². The molecular formula is C84H113FN11O16+. The number of aryl methyl sites for hydroxylation is 2. The minimum Gasteiger partial charge on any atom is -0.497 e. The van der Waals surface area contributed by atoms with Crippen molar-refractivity contribution in [2.75, 3.05) is 94.0 Å². The Labute approximate surface area is 655 Å². The van der Waals surface area contributed by atoms with E-state index in [1.165, 1.54) is 36.0 Å². The molecule has 0 radical (unpaired) electrons. The summed E-state index contributed by atoms with van der Waals surface area (Å²) < 4.78 is 41.7. The Kier molecular flexibility index (Phi) is 30.6. The average Bonchev–Trinajstić information content (AvgIpc) is 1.64. The zero-order valence-electron chi connectivity index (χ0n) is 65.7. The Bertz CT molecular complexity index is 4130. The molecule has 112 heavy (non-hydrogen) atoms. The van der Waals surface area contributed by atoms with Crippen LogP contribution in [-0.2, 0) is 112 Å². The lowest BCUT2D eigenvalue weighted by Crippen LogP contribution is -2.62. The van der Waals surface area contributed by atoms with E-state index >= 15 is 33.2 Å². The second-order valence-corrected chi connectivity index (χ2v) is 31.7. The molecule has 6 aliphatic rings. The summed E-state index contributed by atoms with van der Waals surface area (Å²) in [5.41, 5.74) is 3.38. The van der Waals surface area contributed by atoms with Crippen LogP contribution < -0.4 is 36.6 Å². The second-order valence-electron chi connectivity index (χ2n) is 31.7. The summed E-state index contributed by atoms with van der Waals surface area (Å²) in [5.74, 6) is -8.29. The molecule has 12 bridgehead atoms. The zero-order chi connectivity index (χ0) is 80.1. The quantitative estimate of drug-likeness (QED) is 0.0534. The third kappa shape index (κ3) is 23.8. The molecule has 6 aliphatic heterocycles. The van der Waals surface area contributed by atoms with Crippen molar-refractivity contribution < 1.29 is 85.7 Å². The van der Waals surface area contributed by atoms with Gasteiger partial charge < -0.3 is 79.7 Å². The number of nitrogens with zero attached hydrogens (tertiary/aromatic N) is 5. The van der Waals surface area contributed by atoms with Crippen LogP contribution in [0.15, 0.2) is 97.2 Å². The summed E-state index contributed by atoms with van der Waals surface area (Å²) in [6.45, 7) is 4.94. The molecule has 2 saturated heterocycles. The van der Waals surface area contributed by atoms with E-state index in [4.69, 9.17) is 18.9 Å². The van der Waals surface area contributed by atoms with Gasteiger partial charge in [0.05, 0.1) is 78.5 Å². The Morgan fingerprint density at radius 3 is 2.17 bits per heavy atom. The summed E-state index contributed by atoms with van der Waals surface area (Å²) in [4.78, 5) is 169. The average molecular weight is 1550 g/mol. The van der Waals surface area contributed by atoms with Gasteiger partial charge in [-0.25, -0.2) is 4.39 Å². The van der Waals surface area contributed by atoms with Gasteiger partial charge in [-0.2, -0.15) is 0 Å². The van der Waals surface area contributed by atoms with E-state index in [0.717, 1.165) is 35.0 Å². The van der Waals surface area contributed by atoms with Crippen molar-refractivity contribution in [2.45, 2.75) is 203 Å². The number of aromatic nitrogens is 1. The molecule has 2 fully saturated rings. The number of nitrogens with one attached hydrogen (secondary N) is 6. The molecule has 7 heterocycles. The van der Waals surface area contributed by atoms with Crippen molar-refractivity contribution in [3.63, 3.8) is 0 Å². The highest BCUT2D eigenvalue weighted by atomic mass is 19.1. The number of hydrogen-bond acceptors (Lipinski definition) is 16. The van der Waals surface area contributed by atoms with E-state index in [-0.39, 0.29) is 102 Å². The number of hydrogen-bond donors (Lipinski definition) is 7. The number of rotatable bonds is 15. The first-order chi connectivity index (χ1) is 53.7. The number of ketones is 2. The van der Waals surface area contributed by atoms with Crippen molar-refractivity contribution in [3.05, 3.63) is 136 Å². The molecule has 5 aromatic rings. The summed E-state index contributed by atoms with van der Waals surface area (Å²) in [7, 11) is 7.67. The van der Waals surface area contributed by atoms with Crippen LogP contribution in [-0.4, -0.2) is 236 Å². The molecule has 0 aliphatic carbocycles. The standard InChI is InChI=1S/C84H112FN11O16/c1-55(97)77-80(105)90-67(45-57-26-29-64(109-6)30-27-57)83(108)95-37-15-34-84(95,2)72(99)19-14-16-56-22-24-58(25-23-56)52-93-36-12-8-7-11-35-92-53-62(65-49-63(85)28-31-69(65)92)47-61-48-70(98)66(46-59-17-13-18-60(44-59)50-86-75(102)54-112-71-32-38-94(82(61)107)78(71)81(106)91-77)89-79(104)68(88-74(101)20-9-10-21-76(93)103)51-87-73(100)33-40-110-42-43-111-41-39-96(3,4)5/h13,17-18,22-31,44,49,53,55,61,66-68,71,77-78,97H,7-12,14-16,19-21,32-43,45-48,50-52,54H2,1-6H3,(H5-,86,87,88,89,90,91,100,101,102,104,105,106)/p+1/t55-,61-,66+,67+,68-,71+,77+,78+,84+/m1/s1. The van der Waals surface area contributed by atoms with Gasteiger partial charge in [-0.1, -0.05) is 73.5 Å². The molecular weight excluding hydrogens is 1440 g/mol. The zero-order valence-corrected chi connectivity index (χ0v) is 65.7. The Balaban J connectivity index is 1.05. The maximum Gasteiger partial charge on any atom is 0.246 e. The van der Waals surface area contributed by atoms with Gasteiger partial charge in [0.2, 0.25) is 53.2 Å². The summed E-state index contributed by atoms with van der Waals surface area (Å²) in [5, 5.41) is 28.9. The summed E-state index contributed by atoms with van der Waals surface area (Å²) in [6.07, 6.45) is 2.90. The molecule has 27 nitrogen and oxygen atoms in total. The molecule has 0 spiro atoms. The van der Waals surface area contributed by atoms with Crippen LogP contribution >= 0.6 is 0 Å². The number of aliphatic hydroxyl groups is 1. The number of quaternary nitrogens is 1. The van der Waals surface area contributed by atoms with Crippen LogP contribution in [0, 0.1) is 11.7 Å². The first-order valence-corrected chi connectivity index (χ1v) is 39.7. The fourth-order valence-corrected chi connectivity index (χ4v) is 15.6. The number of halogens is 1. The number of benzene rings is 4. The number of amides is 9. The lowest BCUT2D eigenvalue weighted by Gasteiger charge is -2.37. The number of carbonyl (C=O) groups is 11. The molecule has 11 rings (SSSR count). The minimum atomic E-state index is -1.81. The molecule has 9 atom stereocenters. The highest BCUT2D eigenvalue weighted by molar-refractivity contribution is 6.00. The fourth-order valence-electron chi connectivity index (χ4n) is 15.6. The second kappa shape index (κ2) is 40.3. The molecule has 1 aromatic heterocycles. The van der Waals surface area contributed by atoms with Gasteiger partial charge in [0.1, 0.15) is 48.9 Å². The van der Waals surface area contributed by atoms with Crippen molar-refractivity contribution in [3.8, 4) is 5.75 Å². The topological polar surface area (TPSA) is 332 Å². The number of Topliss-reactive ketones (excluding diaryl/α,β-unsaturated/α-hetero) is 2. The van der Waals surface area contributed by atoms with Crippen LogP contribution in [0.4, 0.5) is 4.39 Å².